The lowest BCUT2D eigenvalue weighted by Gasteiger charge is -2.10. The second-order valence-corrected chi connectivity index (χ2v) is 5.60. The summed E-state index contributed by atoms with van der Waals surface area (Å²) in [5.41, 5.74) is 1.06. The molecule has 0 atom stereocenters. The molecule has 0 amide bonds. The smallest absolute Gasteiger partial charge is 0.191 e. The average molecular weight is 213 g/mol. The first-order chi connectivity index (χ1) is 6.42. The van der Waals surface area contributed by atoms with Crippen molar-refractivity contribution in [2.45, 2.75) is 11.8 Å². The van der Waals surface area contributed by atoms with Crippen molar-refractivity contribution in [2.75, 3.05) is 20.0 Å². The van der Waals surface area contributed by atoms with Gasteiger partial charge in [-0.1, -0.05) is 17.7 Å². The molecule has 0 N–H and O–H groups in total. The van der Waals surface area contributed by atoms with Gasteiger partial charge >= 0.3 is 0 Å². The van der Waals surface area contributed by atoms with Gasteiger partial charge < -0.3 is 0 Å². The van der Waals surface area contributed by atoms with E-state index < -0.39 is 9.84 Å². The van der Waals surface area contributed by atoms with Gasteiger partial charge in [-0.15, -0.1) is 0 Å². The normalized spacial score (nSPS) is 12.0. The summed E-state index contributed by atoms with van der Waals surface area (Å²) >= 11 is 0. The maximum absolute atomic E-state index is 11.7. The van der Waals surface area contributed by atoms with Crippen LogP contribution in [0.1, 0.15) is 5.56 Å². The molecular formula is C10H15NO2S. The van der Waals surface area contributed by atoms with E-state index in [1.165, 1.54) is 0 Å². The predicted octanol–water partition coefficient (Wildman–Crippen LogP) is 1.29. The SMILES string of the molecule is Cc1ccc(S(=O)(=O)CN(C)C)cc1. The molecule has 0 heterocycles. The van der Waals surface area contributed by atoms with Gasteiger partial charge in [-0.2, -0.15) is 0 Å². The van der Waals surface area contributed by atoms with Crippen LogP contribution in [0.3, 0.4) is 0 Å². The summed E-state index contributed by atoms with van der Waals surface area (Å²) in [4.78, 5) is 2.03. The van der Waals surface area contributed by atoms with Crippen LogP contribution >= 0.6 is 0 Å². The molecule has 0 aliphatic heterocycles. The molecule has 0 fully saturated rings. The minimum absolute atomic E-state index is 0.0516. The van der Waals surface area contributed by atoms with Crippen molar-refractivity contribution in [1.82, 2.24) is 4.90 Å². The summed E-state index contributed by atoms with van der Waals surface area (Å²) < 4.78 is 23.4. The summed E-state index contributed by atoms with van der Waals surface area (Å²) in [6.07, 6.45) is 0. The Labute approximate surface area is 85.3 Å². The molecule has 14 heavy (non-hydrogen) atoms. The van der Waals surface area contributed by atoms with E-state index in [0.29, 0.717) is 4.90 Å². The highest BCUT2D eigenvalue weighted by molar-refractivity contribution is 7.91. The third kappa shape index (κ3) is 2.82. The van der Waals surface area contributed by atoms with Crippen LogP contribution in [0.4, 0.5) is 0 Å². The minimum Gasteiger partial charge on any atom is -0.296 e. The molecule has 0 saturated heterocycles. The van der Waals surface area contributed by atoms with Gasteiger partial charge in [0.2, 0.25) is 0 Å². The molecular weight excluding hydrogens is 198 g/mol. The van der Waals surface area contributed by atoms with Crippen molar-refractivity contribution in [3.63, 3.8) is 0 Å². The first kappa shape index (κ1) is 11.2. The predicted molar refractivity (Wildman–Crippen MR) is 56.9 cm³/mol. The fourth-order valence-electron chi connectivity index (χ4n) is 1.16. The highest BCUT2D eigenvalue weighted by Crippen LogP contribution is 2.12. The number of sulfone groups is 1. The maximum Gasteiger partial charge on any atom is 0.191 e. The zero-order valence-corrected chi connectivity index (χ0v) is 9.50. The average Bonchev–Trinajstić information content (AvgIpc) is 2.02. The number of hydrogen-bond acceptors (Lipinski definition) is 3. The molecule has 0 spiro atoms. The maximum atomic E-state index is 11.7. The first-order valence-corrected chi connectivity index (χ1v) is 6.01. The highest BCUT2D eigenvalue weighted by Gasteiger charge is 2.14. The molecule has 0 aromatic heterocycles. The van der Waals surface area contributed by atoms with E-state index in [4.69, 9.17) is 0 Å². The molecule has 0 aliphatic rings. The van der Waals surface area contributed by atoms with Crippen molar-refractivity contribution in [3.8, 4) is 0 Å². The quantitative estimate of drug-likeness (QED) is 0.759. The number of hydrogen-bond donors (Lipinski definition) is 0. The summed E-state index contributed by atoms with van der Waals surface area (Å²) in [6, 6.07) is 6.91. The lowest BCUT2D eigenvalue weighted by molar-refractivity contribution is 0.462. The standard InChI is InChI=1S/C10H15NO2S/c1-9-4-6-10(7-5-9)14(12,13)8-11(2)3/h4-7H,8H2,1-3H3. The van der Waals surface area contributed by atoms with E-state index in [0.717, 1.165) is 5.56 Å². The second kappa shape index (κ2) is 4.11. The van der Waals surface area contributed by atoms with Crippen LogP contribution in [0.2, 0.25) is 0 Å². The van der Waals surface area contributed by atoms with Crippen molar-refractivity contribution >= 4 is 9.84 Å². The third-order valence-corrected chi connectivity index (χ3v) is 3.65. The molecule has 0 bridgehead atoms. The van der Waals surface area contributed by atoms with Crippen LogP contribution in [0.15, 0.2) is 29.2 Å². The van der Waals surface area contributed by atoms with Gasteiger partial charge in [-0.25, -0.2) is 8.42 Å². The van der Waals surface area contributed by atoms with Gasteiger partial charge in [-0.05, 0) is 33.2 Å². The Bertz CT molecular complexity index is 393. The van der Waals surface area contributed by atoms with Crippen LogP contribution in [-0.4, -0.2) is 33.3 Å². The van der Waals surface area contributed by atoms with Crippen LogP contribution in [0, 0.1) is 6.92 Å². The third-order valence-electron chi connectivity index (χ3n) is 1.81. The Hall–Kier alpha value is -0.870. The van der Waals surface area contributed by atoms with Crippen molar-refractivity contribution in [1.29, 1.82) is 0 Å². The molecule has 0 radical (unpaired) electrons. The fraction of sp³-hybridized carbons (Fsp3) is 0.400. The van der Waals surface area contributed by atoms with E-state index in [9.17, 15) is 8.42 Å². The number of nitrogens with zero attached hydrogens (tertiary/aromatic N) is 1. The summed E-state index contributed by atoms with van der Waals surface area (Å²) in [6.45, 7) is 1.93. The number of benzene rings is 1. The molecule has 78 valence electrons. The molecule has 0 saturated carbocycles. The van der Waals surface area contributed by atoms with Crippen molar-refractivity contribution in [2.24, 2.45) is 0 Å². The minimum atomic E-state index is -3.15. The van der Waals surface area contributed by atoms with Gasteiger partial charge in [0.05, 0.1) is 4.90 Å². The molecule has 1 aromatic rings. The monoisotopic (exact) mass is 213 g/mol. The summed E-state index contributed by atoms with van der Waals surface area (Å²) in [5.74, 6) is 0.0516. The van der Waals surface area contributed by atoms with Crippen LogP contribution < -0.4 is 0 Å². The molecule has 1 aromatic carbocycles. The van der Waals surface area contributed by atoms with Crippen LogP contribution in [0.5, 0.6) is 0 Å². The Morgan fingerprint density at radius 3 is 2.07 bits per heavy atom. The number of aryl methyl sites for hydroxylation is 1. The van der Waals surface area contributed by atoms with E-state index >= 15 is 0 Å². The van der Waals surface area contributed by atoms with Gasteiger partial charge in [0.15, 0.2) is 9.84 Å². The van der Waals surface area contributed by atoms with Gasteiger partial charge in [0.1, 0.15) is 5.88 Å². The molecule has 4 heteroatoms. The Balaban J connectivity index is 2.99. The van der Waals surface area contributed by atoms with Crippen LogP contribution in [-0.2, 0) is 9.84 Å². The van der Waals surface area contributed by atoms with E-state index in [1.807, 2.05) is 19.1 Å². The Kier molecular flexibility index (Phi) is 3.29. The fourth-order valence-corrected chi connectivity index (χ4v) is 2.54. The van der Waals surface area contributed by atoms with E-state index in [1.54, 1.807) is 31.1 Å². The van der Waals surface area contributed by atoms with E-state index in [-0.39, 0.29) is 5.88 Å². The first-order valence-electron chi connectivity index (χ1n) is 4.36. The van der Waals surface area contributed by atoms with Crippen molar-refractivity contribution in [3.05, 3.63) is 29.8 Å². The van der Waals surface area contributed by atoms with E-state index in [2.05, 4.69) is 0 Å². The zero-order chi connectivity index (χ0) is 10.8. The topological polar surface area (TPSA) is 37.4 Å². The Morgan fingerprint density at radius 2 is 1.64 bits per heavy atom. The largest absolute Gasteiger partial charge is 0.296 e. The molecule has 0 aliphatic carbocycles. The molecule has 3 nitrogen and oxygen atoms in total. The molecule has 0 unspecified atom stereocenters. The highest BCUT2D eigenvalue weighted by atomic mass is 32.2. The second-order valence-electron chi connectivity index (χ2n) is 3.64. The van der Waals surface area contributed by atoms with Crippen molar-refractivity contribution < 1.29 is 8.42 Å². The summed E-state index contributed by atoms with van der Waals surface area (Å²) in [5, 5.41) is 0. The lowest BCUT2D eigenvalue weighted by Crippen LogP contribution is -2.21. The van der Waals surface area contributed by atoms with Gasteiger partial charge in [0.25, 0.3) is 0 Å². The number of rotatable bonds is 3. The van der Waals surface area contributed by atoms with Crippen LogP contribution in [0.25, 0.3) is 0 Å². The summed E-state index contributed by atoms with van der Waals surface area (Å²) in [7, 11) is 0.333. The van der Waals surface area contributed by atoms with Gasteiger partial charge in [-0.3, -0.25) is 4.90 Å². The zero-order valence-electron chi connectivity index (χ0n) is 8.69. The molecule has 1 rings (SSSR count). The lowest BCUT2D eigenvalue weighted by atomic mass is 10.2. The van der Waals surface area contributed by atoms with Gasteiger partial charge in [0, 0.05) is 0 Å². The Morgan fingerprint density at radius 1 is 1.14 bits per heavy atom.